The van der Waals surface area contributed by atoms with Gasteiger partial charge >= 0.3 is 0 Å². The highest BCUT2D eigenvalue weighted by atomic mass is 19.1. The number of carbonyl (C=O) groups is 1. The molecule has 7 rings (SSSR count). The van der Waals surface area contributed by atoms with E-state index < -0.39 is 5.82 Å². The van der Waals surface area contributed by atoms with Crippen LogP contribution in [0.15, 0.2) is 24.4 Å². The quantitative estimate of drug-likeness (QED) is 0.549. The topological polar surface area (TPSA) is 102 Å². The van der Waals surface area contributed by atoms with E-state index in [0.717, 1.165) is 19.3 Å². The summed E-state index contributed by atoms with van der Waals surface area (Å²) in [7, 11) is 1.76. The second-order valence-electron chi connectivity index (χ2n) is 9.64. The monoisotopic (exact) mass is 450 g/mol. The lowest BCUT2D eigenvalue weighted by Gasteiger charge is -2.28. The summed E-state index contributed by atoms with van der Waals surface area (Å²) in [5.41, 5.74) is 1.27. The number of ether oxygens (including phenoxy) is 2. The minimum atomic E-state index is -0.435. The molecular formula is C23H23FN6O3. The van der Waals surface area contributed by atoms with Gasteiger partial charge in [0.2, 0.25) is 0 Å². The van der Waals surface area contributed by atoms with Gasteiger partial charge in [0, 0.05) is 31.3 Å². The van der Waals surface area contributed by atoms with E-state index in [1.807, 2.05) is 0 Å². The van der Waals surface area contributed by atoms with E-state index in [1.165, 1.54) is 31.2 Å². The summed E-state index contributed by atoms with van der Waals surface area (Å²) >= 11 is 0. The second kappa shape index (κ2) is 6.27. The van der Waals surface area contributed by atoms with Crippen molar-refractivity contribution in [3.05, 3.63) is 35.8 Å². The predicted molar refractivity (Wildman–Crippen MR) is 118 cm³/mol. The lowest BCUT2D eigenvalue weighted by Crippen LogP contribution is -2.31. The minimum absolute atomic E-state index is 0.180. The number of rotatable bonds is 5. The molecule has 0 radical (unpaired) electrons. The average molecular weight is 450 g/mol. The van der Waals surface area contributed by atoms with Gasteiger partial charge in [0.15, 0.2) is 17.1 Å². The third kappa shape index (κ3) is 3.00. The molecule has 1 unspecified atom stereocenters. The van der Waals surface area contributed by atoms with E-state index in [0.29, 0.717) is 52.1 Å². The standard InChI is InChI=1S/C23H23FN6O3/c1-25-18-8-17(27-14-6-12(24)7-15-19(14)32-11-23(33-15)4-5-23)29-20-13(10-26-30(18)20)21(31)28-16-9-22(16)2-3-22/h6-8,10,16,25H,2-5,9,11H2,1H3,(H,27,29)(H,28,31). The Morgan fingerprint density at radius 1 is 1.24 bits per heavy atom. The SMILES string of the molecule is CNc1cc(Nc2cc(F)cc3c2OCC2(CC2)O3)nc2c(C(=O)NC3CC34CC4)cnn12. The van der Waals surface area contributed by atoms with Crippen LogP contribution in [0.5, 0.6) is 11.5 Å². The first-order valence-corrected chi connectivity index (χ1v) is 11.3. The summed E-state index contributed by atoms with van der Waals surface area (Å²) in [5, 5.41) is 13.7. The van der Waals surface area contributed by atoms with E-state index in [4.69, 9.17) is 9.47 Å². The van der Waals surface area contributed by atoms with Gasteiger partial charge in [0.05, 0.1) is 11.9 Å². The molecule has 10 heteroatoms. The highest BCUT2D eigenvalue weighted by Gasteiger charge is 2.63. The molecule has 3 aliphatic carbocycles. The van der Waals surface area contributed by atoms with E-state index in [9.17, 15) is 9.18 Å². The number of hydrogen-bond acceptors (Lipinski definition) is 7. The van der Waals surface area contributed by atoms with Crippen LogP contribution < -0.4 is 25.4 Å². The molecule has 2 spiro atoms. The van der Waals surface area contributed by atoms with Gasteiger partial charge < -0.3 is 25.4 Å². The number of carbonyl (C=O) groups excluding carboxylic acids is 1. The van der Waals surface area contributed by atoms with Gasteiger partial charge in [-0.05, 0) is 37.5 Å². The molecule has 1 amide bonds. The summed E-state index contributed by atoms with van der Waals surface area (Å²) in [4.78, 5) is 17.6. The molecule has 3 N–H and O–H groups in total. The summed E-state index contributed by atoms with van der Waals surface area (Å²) in [6.07, 6.45) is 6.77. The van der Waals surface area contributed by atoms with Crippen LogP contribution in [0, 0.1) is 11.2 Å². The van der Waals surface area contributed by atoms with Gasteiger partial charge in [0.1, 0.15) is 35.2 Å². The third-order valence-corrected chi connectivity index (χ3v) is 7.26. The van der Waals surface area contributed by atoms with E-state index >= 15 is 0 Å². The molecule has 3 aromatic rings. The van der Waals surface area contributed by atoms with Crippen molar-refractivity contribution in [1.82, 2.24) is 19.9 Å². The molecule has 170 valence electrons. The molecule has 3 saturated carbocycles. The molecule has 1 atom stereocenters. The van der Waals surface area contributed by atoms with Crippen molar-refractivity contribution in [2.24, 2.45) is 5.41 Å². The zero-order valence-corrected chi connectivity index (χ0v) is 18.1. The number of halogens is 1. The first-order chi connectivity index (χ1) is 16.0. The summed E-state index contributed by atoms with van der Waals surface area (Å²) < 4.78 is 27.9. The van der Waals surface area contributed by atoms with Crippen molar-refractivity contribution in [3.8, 4) is 11.5 Å². The van der Waals surface area contributed by atoms with Gasteiger partial charge in [-0.2, -0.15) is 9.61 Å². The Morgan fingerprint density at radius 3 is 2.82 bits per heavy atom. The number of amides is 1. The minimum Gasteiger partial charge on any atom is -0.483 e. The first-order valence-electron chi connectivity index (χ1n) is 11.3. The highest BCUT2D eigenvalue weighted by Crippen LogP contribution is 2.65. The van der Waals surface area contributed by atoms with Gasteiger partial charge in [0.25, 0.3) is 5.91 Å². The van der Waals surface area contributed by atoms with Crippen LogP contribution in [0.3, 0.4) is 0 Å². The second-order valence-corrected chi connectivity index (χ2v) is 9.64. The summed E-state index contributed by atoms with van der Waals surface area (Å²) in [5.74, 6) is 1.28. The Morgan fingerprint density at radius 2 is 2.09 bits per heavy atom. The van der Waals surface area contributed by atoms with Crippen LogP contribution in [-0.2, 0) is 0 Å². The van der Waals surface area contributed by atoms with Crippen molar-refractivity contribution >= 4 is 28.9 Å². The van der Waals surface area contributed by atoms with Crippen LogP contribution in [0.2, 0.25) is 0 Å². The first kappa shape index (κ1) is 19.0. The van der Waals surface area contributed by atoms with Crippen molar-refractivity contribution in [1.29, 1.82) is 0 Å². The Kier molecular flexibility index (Phi) is 3.60. The van der Waals surface area contributed by atoms with Gasteiger partial charge in [-0.15, -0.1) is 0 Å². The number of hydrogen-bond donors (Lipinski definition) is 3. The van der Waals surface area contributed by atoms with Crippen LogP contribution in [0.4, 0.5) is 21.7 Å². The third-order valence-electron chi connectivity index (χ3n) is 7.26. The predicted octanol–water partition coefficient (Wildman–Crippen LogP) is 3.24. The molecule has 0 bridgehead atoms. The maximum Gasteiger partial charge on any atom is 0.257 e. The van der Waals surface area contributed by atoms with Crippen LogP contribution in [0.1, 0.15) is 42.5 Å². The number of fused-ring (bicyclic) bond motifs is 2. The Bertz CT molecular complexity index is 1330. The number of aromatic nitrogens is 3. The number of nitrogens with zero attached hydrogens (tertiary/aromatic N) is 3. The normalized spacial score (nSPS) is 22.3. The Balaban J connectivity index is 1.23. The van der Waals surface area contributed by atoms with Gasteiger partial charge in [-0.1, -0.05) is 0 Å². The zero-order chi connectivity index (χ0) is 22.4. The van der Waals surface area contributed by atoms with Crippen LogP contribution in [-0.4, -0.2) is 45.8 Å². The molecule has 4 aliphatic rings. The smallest absolute Gasteiger partial charge is 0.257 e. The van der Waals surface area contributed by atoms with Gasteiger partial charge in [-0.3, -0.25) is 4.79 Å². The van der Waals surface area contributed by atoms with Crippen molar-refractivity contribution < 1.29 is 18.7 Å². The lowest BCUT2D eigenvalue weighted by atomic mass is 10.2. The molecule has 0 saturated heterocycles. The van der Waals surface area contributed by atoms with E-state index in [2.05, 4.69) is 26.0 Å². The molecule has 33 heavy (non-hydrogen) atoms. The molecule has 1 aromatic carbocycles. The highest BCUT2D eigenvalue weighted by molar-refractivity contribution is 6.00. The Hall–Kier alpha value is -3.56. The molecule has 3 heterocycles. The van der Waals surface area contributed by atoms with Crippen molar-refractivity contribution in [2.75, 3.05) is 24.3 Å². The fraction of sp³-hybridized carbons (Fsp3) is 0.435. The van der Waals surface area contributed by atoms with E-state index in [-0.39, 0.29) is 17.6 Å². The molecule has 9 nitrogen and oxygen atoms in total. The molecule has 3 fully saturated rings. The van der Waals surface area contributed by atoms with Crippen molar-refractivity contribution in [3.63, 3.8) is 0 Å². The number of anilines is 3. The fourth-order valence-electron chi connectivity index (χ4n) is 4.74. The number of benzene rings is 1. The van der Waals surface area contributed by atoms with Crippen molar-refractivity contribution in [2.45, 2.75) is 43.7 Å². The van der Waals surface area contributed by atoms with Crippen LogP contribution >= 0.6 is 0 Å². The Labute approximate surface area is 188 Å². The summed E-state index contributed by atoms with van der Waals surface area (Å²) in [6, 6.07) is 4.69. The van der Waals surface area contributed by atoms with Gasteiger partial charge in [-0.25, -0.2) is 9.37 Å². The van der Waals surface area contributed by atoms with Crippen LogP contribution in [0.25, 0.3) is 5.65 Å². The zero-order valence-electron chi connectivity index (χ0n) is 18.1. The fourth-order valence-corrected chi connectivity index (χ4v) is 4.74. The maximum absolute atomic E-state index is 14.4. The lowest BCUT2D eigenvalue weighted by molar-refractivity contribution is 0.0720. The molecular weight excluding hydrogens is 427 g/mol. The number of nitrogens with one attached hydrogen (secondary N) is 3. The average Bonchev–Trinajstić information content (AvgIpc) is 3.75. The summed E-state index contributed by atoms with van der Waals surface area (Å²) in [6.45, 7) is 0.435. The molecule has 1 aliphatic heterocycles. The van der Waals surface area contributed by atoms with E-state index in [1.54, 1.807) is 17.6 Å². The maximum atomic E-state index is 14.4. The largest absolute Gasteiger partial charge is 0.483 e. The molecule has 2 aromatic heterocycles.